The monoisotopic (exact) mass is 411 g/mol. The quantitative estimate of drug-likeness (QED) is 0.294. The van der Waals surface area contributed by atoms with E-state index in [0.717, 1.165) is 16.7 Å². The van der Waals surface area contributed by atoms with E-state index in [9.17, 15) is 9.90 Å². The number of carboxylic acids is 1. The molecule has 0 aliphatic heterocycles. The van der Waals surface area contributed by atoms with Crippen LogP contribution < -0.4 is 20.6 Å². The highest BCUT2D eigenvalue weighted by Gasteiger charge is 2.26. The summed E-state index contributed by atoms with van der Waals surface area (Å²) in [5, 5.41) is 20.4. The minimum absolute atomic E-state index is 0.462. The van der Waals surface area contributed by atoms with E-state index < -0.39 is 12.0 Å². The maximum absolute atomic E-state index is 12.2. The van der Waals surface area contributed by atoms with Gasteiger partial charge in [-0.15, -0.1) is 0 Å². The molecule has 1 unspecified atom stereocenters. The predicted molar refractivity (Wildman–Crippen MR) is 115 cm³/mol. The average molecular weight is 411 g/mol. The summed E-state index contributed by atoms with van der Waals surface area (Å²) < 4.78 is 10.8. The molecule has 29 heavy (non-hydrogen) atoms. The number of methoxy groups -OCH3 is 2. The second-order valence-electron chi connectivity index (χ2n) is 6.12. The van der Waals surface area contributed by atoms with Gasteiger partial charge in [-0.3, -0.25) is 0 Å². The Balaban J connectivity index is 2.07. The summed E-state index contributed by atoms with van der Waals surface area (Å²) in [6.45, 7) is 0. The Bertz CT molecular complexity index is 1000. The Labute approximate surface area is 172 Å². The lowest BCUT2D eigenvalue weighted by molar-refractivity contribution is -0.138. The van der Waals surface area contributed by atoms with Crippen molar-refractivity contribution < 1.29 is 19.4 Å². The topological polar surface area (TPSA) is 106 Å². The maximum atomic E-state index is 12.2. The molecule has 1 aromatic heterocycles. The number of nitrogens with two attached hydrogens (primary N) is 1. The first-order valence-corrected chi connectivity index (χ1v) is 9.62. The number of carboxylic acid groups (broad SMARTS) is 1. The fourth-order valence-electron chi connectivity index (χ4n) is 2.99. The number of hydrogen-bond acceptors (Lipinski definition) is 7. The number of ether oxygens (including phenoxy) is 2. The first-order chi connectivity index (χ1) is 14.1. The standard InChI is InChI=1S/C21H21N3O4S/c1-27-18-9-16(14-7-8-29-12-14)17(10-19(18)28-2)20(21(25)26)24-15-5-3-13(4-6-15)11-23-22/h3-12,20,24H,22H2,1-2H3,(H,25,26). The number of rotatable bonds is 8. The molecule has 0 aliphatic rings. The van der Waals surface area contributed by atoms with Gasteiger partial charge in [0, 0.05) is 5.69 Å². The zero-order chi connectivity index (χ0) is 20.8. The third-order valence-corrected chi connectivity index (χ3v) is 5.07. The third-order valence-electron chi connectivity index (χ3n) is 4.39. The maximum Gasteiger partial charge on any atom is 0.330 e. The summed E-state index contributed by atoms with van der Waals surface area (Å²) in [5.41, 5.74) is 3.71. The highest BCUT2D eigenvalue weighted by Crippen LogP contribution is 2.40. The molecule has 0 saturated heterocycles. The number of nitrogens with one attached hydrogen (secondary N) is 1. The van der Waals surface area contributed by atoms with Gasteiger partial charge in [0.15, 0.2) is 17.5 Å². The van der Waals surface area contributed by atoms with E-state index in [-0.39, 0.29) is 0 Å². The smallest absolute Gasteiger partial charge is 0.330 e. The summed E-state index contributed by atoms with van der Waals surface area (Å²) in [7, 11) is 3.07. The largest absolute Gasteiger partial charge is 0.493 e. The van der Waals surface area contributed by atoms with E-state index in [2.05, 4.69) is 10.4 Å². The van der Waals surface area contributed by atoms with Gasteiger partial charge >= 0.3 is 5.97 Å². The molecule has 8 heteroatoms. The number of thiophene rings is 1. The van der Waals surface area contributed by atoms with Crippen molar-refractivity contribution in [1.29, 1.82) is 0 Å². The Morgan fingerprint density at radius 3 is 2.41 bits per heavy atom. The summed E-state index contributed by atoms with van der Waals surface area (Å²) in [5.74, 6) is 5.15. The van der Waals surface area contributed by atoms with Crippen molar-refractivity contribution >= 4 is 29.2 Å². The van der Waals surface area contributed by atoms with Gasteiger partial charge in [0.2, 0.25) is 0 Å². The zero-order valence-electron chi connectivity index (χ0n) is 16.0. The van der Waals surface area contributed by atoms with Gasteiger partial charge in [-0.1, -0.05) is 12.1 Å². The fraction of sp³-hybridized carbons (Fsp3) is 0.143. The van der Waals surface area contributed by atoms with Crippen LogP contribution in [-0.2, 0) is 4.79 Å². The third kappa shape index (κ3) is 4.49. The Hall–Kier alpha value is -3.52. The second kappa shape index (κ2) is 9.11. The lowest BCUT2D eigenvalue weighted by atomic mass is 9.95. The molecule has 4 N–H and O–H groups in total. The van der Waals surface area contributed by atoms with Gasteiger partial charge < -0.3 is 25.7 Å². The average Bonchev–Trinajstić information content (AvgIpc) is 3.27. The molecule has 1 atom stereocenters. The molecule has 3 rings (SSSR count). The minimum Gasteiger partial charge on any atom is -0.493 e. The van der Waals surface area contributed by atoms with Crippen molar-refractivity contribution in [1.82, 2.24) is 0 Å². The molecule has 2 aromatic carbocycles. The number of anilines is 1. The van der Waals surface area contributed by atoms with Crippen LogP contribution in [0.4, 0.5) is 5.69 Å². The van der Waals surface area contributed by atoms with E-state index in [1.54, 1.807) is 43.5 Å². The molecular formula is C21H21N3O4S. The molecule has 1 heterocycles. The highest BCUT2D eigenvalue weighted by molar-refractivity contribution is 7.08. The van der Waals surface area contributed by atoms with Crippen LogP contribution in [0.1, 0.15) is 17.2 Å². The minimum atomic E-state index is -1.01. The zero-order valence-corrected chi connectivity index (χ0v) is 16.8. The van der Waals surface area contributed by atoms with Crippen LogP contribution >= 0.6 is 11.3 Å². The summed E-state index contributed by atoms with van der Waals surface area (Å²) in [4.78, 5) is 12.2. The Kier molecular flexibility index (Phi) is 6.36. The van der Waals surface area contributed by atoms with Crippen LogP contribution in [0.25, 0.3) is 11.1 Å². The van der Waals surface area contributed by atoms with Crippen LogP contribution in [-0.4, -0.2) is 31.5 Å². The first-order valence-electron chi connectivity index (χ1n) is 8.68. The molecule has 7 nitrogen and oxygen atoms in total. The predicted octanol–water partition coefficient (Wildman–Crippen LogP) is 3.96. The summed E-state index contributed by atoms with van der Waals surface area (Å²) in [6.07, 6.45) is 1.52. The van der Waals surface area contributed by atoms with E-state index >= 15 is 0 Å². The van der Waals surface area contributed by atoms with Crippen molar-refractivity contribution in [2.24, 2.45) is 10.9 Å². The molecule has 0 aliphatic carbocycles. The van der Waals surface area contributed by atoms with Crippen LogP contribution in [0.2, 0.25) is 0 Å². The van der Waals surface area contributed by atoms with Crippen molar-refractivity contribution in [2.45, 2.75) is 6.04 Å². The van der Waals surface area contributed by atoms with Gasteiger partial charge in [0.05, 0.1) is 20.4 Å². The van der Waals surface area contributed by atoms with Gasteiger partial charge in [0.1, 0.15) is 0 Å². The molecule has 0 spiro atoms. The second-order valence-corrected chi connectivity index (χ2v) is 6.90. The fourth-order valence-corrected chi connectivity index (χ4v) is 3.65. The van der Waals surface area contributed by atoms with Gasteiger partial charge in [0.25, 0.3) is 0 Å². The van der Waals surface area contributed by atoms with Gasteiger partial charge in [-0.25, -0.2) is 4.79 Å². The molecular weight excluding hydrogens is 390 g/mol. The van der Waals surface area contributed by atoms with Crippen LogP contribution in [0.15, 0.2) is 58.3 Å². The van der Waals surface area contributed by atoms with Crippen molar-refractivity contribution in [3.05, 3.63) is 64.4 Å². The Morgan fingerprint density at radius 1 is 1.17 bits per heavy atom. The van der Waals surface area contributed by atoms with E-state index in [0.29, 0.717) is 22.7 Å². The molecule has 150 valence electrons. The molecule has 3 aromatic rings. The summed E-state index contributed by atoms with van der Waals surface area (Å²) >= 11 is 1.53. The number of hydrazone groups is 1. The van der Waals surface area contributed by atoms with E-state index in [1.807, 2.05) is 16.8 Å². The van der Waals surface area contributed by atoms with Crippen molar-refractivity contribution in [2.75, 3.05) is 19.5 Å². The van der Waals surface area contributed by atoms with Crippen molar-refractivity contribution in [3.63, 3.8) is 0 Å². The molecule has 0 saturated carbocycles. The van der Waals surface area contributed by atoms with Crippen LogP contribution in [0.3, 0.4) is 0 Å². The number of hydrogen-bond donors (Lipinski definition) is 3. The molecule has 0 bridgehead atoms. The van der Waals surface area contributed by atoms with E-state index in [4.69, 9.17) is 15.3 Å². The lowest BCUT2D eigenvalue weighted by Crippen LogP contribution is -2.21. The van der Waals surface area contributed by atoms with Gasteiger partial charge in [-0.05, 0) is 63.3 Å². The highest BCUT2D eigenvalue weighted by atomic mass is 32.1. The van der Waals surface area contributed by atoms with E-state index in [1.165, 1.54) is 24.7 Å². The van der Waals surface area contributed by atoms with Crippen LogP contribution in [0.5, 0.6) is 11.5 Å². The molecule has 0 amide bonds. The lowest BCUT2D eigenvalue weighted by Gasteiger charge is -2.21. The SMILES string of the molecule is COc1cc(-c2ccsc2)c(C(Nc2ccc(C=NN)cc2)C(=O)O)cc1OC. The number of nitrogens with zero attached hydrogens (tertiary/aromatic N) is 1. The van der Waals surface area contributed by atoms with Crippen molar-refractivity contribution in [3.8, 4) is 22.6 Å². The number of aliphatic carboxylic acids is 1. The normalized spacial score (nSPS) is 11.9. The number of benzene rings is 2. The first kappa shape index (κ1) is 20.2. The Morgan fingerprint density at radius 2 is 1.86 bits per heavy atom. The van der Waals surface area contributed by atoms with Gasteiger partial charge in [-0.2, -0.15) is 16.4 Å². The molecule has 0 radical (unpaired) electrons. The number of carbonyl (C=O) groups is 1. The summed E-state index contributed by atoms with van der Waals surface area (Å²) in [6, 6.07) is 11.6. The molecule has 0 fully saturated rings. The van der Waals surface area contributed by atoms with Crippen LogP contribution in [0, 0.1) is 0 Å².